The molecule has 2 aliphatic rings. The maximum absolute atomic E-state index is 6.36. The van der Waals surface area contributed by atoms with E-state index in [4.69, 9.17) is 17.0 Å². The quantitative estimate of drug-likeness (QED) is 0.489. The van der Waals surface area contributed by atoms with E-state index >= 15 is 0 Å². The van der Waals surface area contributed by atoms with Crippen LogP contribution in [0.3, 0.4) is 0 Å². The largest absolute Gasteiger partial charge is 0.461 e. The standard InChI is InChI=1S/C23H18OS/c25-20-12-6-11-18-23(20)21(16-8-2-1-3-9-16)22-17-10-5-4-7-15(17)13-14-19(22)24-18/h1-5,7-10,13-14,21H,6,11-12H2. The van der Waals surface area contributed by atoms with Crippen LogP contribution in [0.15, 0.2) is 78.1 Å². The number of ether oxygens (including phenoxy) is 1. The van der Waals surface area contributed by atoms with Crippen LogP contribution in [-0.2, 0) is 0 Å². The van der Waals surface area contributed by atoms with E-state index in [1.807, 2.05) is 0 Å². The third kappa shape index (κ3) is 2.32. The molecule has 0 N–H and O–H groups in total. The van der Waals surface area contributed by atoms with Crippen LogP contribution in [0.5, 0.6) is 5.75 Å². The fourth-order valence-electron chi connectivity index (χ4n) is 4.18. The molecule has 3 aromatic rings. The van der Waals surface area contributed by atoms with Crippen molar-refractivity contribution in [3.63, 3.8) is 0 Å². The summed E-state index contributed by atoms with van der Waals surface area (Å²) in [5.41, 5.74) is 3.78. The zero-order valence-corrected chi connectivity index (χ0v) is 14.7. The molecular formula is C23H18OS. The van der Waals surface area contributed by atoms with Gasteiger partial charge in [-0.1, -0.05) is 72.9 Å². The first-order chi connectivity index (χ1) is 12.3. The van der Waals surface area contributed by atoms with Crippen molar-refractivity contribution in [2.45, 2.75) is 25.2 Å². The van der Waals surface area contributed by atoms with Crippen molar-refractivity contribution in [2.75, 3.05) is 0 Å². The summed E-state index contributed by atoms with van der Waals surface area (Å²) in [7, 11) is 0. The molecular weight excluding hydrogens is 324 g/mol. The van der Waals surface area contributed by atoms with Crippen LogP contribution in [0.25, 0.3) is 10.8 Å². The number of thiocarbonyl (C=S) groups is 1. The molecule has 0 saturated carbocycles. The predicted octanol–water partition coefficient (Wildman–Crippen LogP) is 6.17. The molecule has 5 rings (SSSR count). The van der Waals surface area contributed by atoms with Crippen LogP contribution in [0.4, 0.5) is 0 Å². The average molecular weight is 342 g/mol. The summed E-state index contributed by atoms with van der Waals surface area (Å²) in [6.45, 7) is 0. The Hall–Kier alpha value is -2.45. The van der Waals surface area contributed by atoms with Crippen molar-refractivity contribution < 1.29 is 4.74 Å². The molecule has 1 aliphatic heterocycles. The molecule has 1 atom stereocenters. The van der Waals surface area contributed by atoms with E-state index in [0.717, 1.165) is 35.6 Å². The minimum absolute atomic E-state index is 0.166. The second kappa shape index (κ2) is 5.82. The summed E-state index contributed by atoms with van der Waals surface area (Å²) in [5, 5.41) is 2.50. The first-order valence-corrected chi connectivity index (χ1v) is 9.24. The summed E-state index contributed by atoms with van der Waals surface area (Å²) in [4.78, 5) is 1.06. The van der Waals surface area contributed by atoms with Crippen LogP contribution in [0.2, 0.25) is 0 Å². The van der Waals surface area contributed by atoms with E-state index in [1.165, 1.54) is 27.5 Å². The highest BCUT2D eigenvalue weighted by Crippen LogP contribution is 2.49. The van der Waals surface area contributed by atoms with Crippen LogP contribution in [-0.4, -0.2) is 4.86 Å². The molecule has 0 saturated heterocycles. The van der Waals surface area contributed by atoms with Crippen molar-refractivity contribution in [3.05, 3.63) is 89.2 Å². The average Bonchev–Trinajstić information content (AvgIpc) is 2.67. The van der Waals surface area contributed by atoms with E-state index < -0.39 is 0 Å². The van der Waals surface area contributed by atoms with Crippen LogP contribution < -0.4 is 4.74 Å². The van der Waals surface area contributed by atoms with E-state index in [1.54, 1.807) is 0 Å². The Morgan fingerprint density at radius 3 is 2.52 bits per heavy atom. The third-order valence-electron chi connectivity index (χ3n) is 5.28. The third-order valence-corrected chi connectivity index (χ3v) is 5.71. The van der Waals surface area contributed by atoms with Gasteiger partial charge in [0.15, 0.2) is 0 Å². The molecule has 1 nitrogen and oxygen atoms in total. The molecule has 0 bridgehead atoms. The Kier molecular flexibility index (Phi) is 3.46. The fraction of sp³-hybridized carbons (Fsp3) is 0.174. The molecule has 122 valence electrons. The highest BCUT2D eigenvalue weighted by atomic mass is 32.1. The second-order valence-corrected chi connectivity index (χ2v) is 7.25. The molecule has 1 aliphatic carbocycles. The Morgan fingerprint density at radius 1 is 0.840 bits per heavy atom. The van der Waals surface area contributed by atoms with E-state index in [9.17, 15) is 0 Å². The van der Waals surface area contributed by atoms with Crippen molar-refractivity contribution in [2.24, 2.45) is 0 Å². The number of hydrogen-bond acceptors (Lipinski definition) is 2. The molecule has 3 aromatic carbocycles. The summed E-state index contributed by atoms with van der Waals surface area (Å²) in [6.07, 6.45) is 3.05. The van der Waals surface area contributed by atoms with Gasteiger partial charge in [0.25, 0.3) is 0 Å². The monoisotopic (exact) mass is 342 g/mol. The molecule has 25 heavy (non-hydrogen) atoms. The van der Waals surface area contributed by atoms with E-state index in [2.05, 4.69) is 66.7 Å². The lowest BCUT2D eigenvalue weighted by molar-refractivity contribution is 0.373. The van der Waals surface area contributed by atoms with Gasteiger partial charge in [0, 0.05) is 28.3 Å². The van der Waals surface area contributed by atoms with Gasteiger partial charge in [-0.05, 0) is 35.2 Å². The minimum atomic E-state index is 0.166. The van der Waals surface area contributed by atoms with Gasteiger partial charge in [0.2, 0.25) is 0 Å². The number of fused-ring (bicyclic) bond motifs is 3. The van der Waals surface area contributed by atoms with E-state index in [0.29, 0.717) is 0 Å². The summed E-state index contributed by atoms with van der Waals surface area (Å²) >= 11 is 5.79. The first kappa shape index (κ1) is 14.9. The lowest BCUT2D eigenvalue weighted by Gasteiger charge is -2.35. The summed E-state index contributed by atoms with van der Waals surface area (Å²) in [5.74, 6) is 2.22. The Labute approximate surface area is 152 Å². The maximum atomic E-state index is 6.36. The molecule has 0 spiro atoms. The van der Waals surface area contributed by atoms with Gasteiger partial charge in [0.1, 0.15) is 11.5 Å². The molecule has 0 aromatic heterocycles. The summed E-state index contributed by atoms with van der Waals surface area (Å²) in [6, 6.07) is 23.6. The topological polar surface area (TPSA) is 9.23 Å². The first-order valence-electron chi connectivity index (χ1n) is 8.83. The van der Waals surface area contributed by atoms with E-state index in [-0.39, 0.29) is 5.92 Å². The van der Waals surface area contributed by atoms with Crippen molar-refractivity contribution in [1.82, 2.24) is 0 Å². The highest BCUT2D eigenvalue weighted by Gasteiger charge is 2.35. The molecule has 2 heteroatoms. The zero-order chi connectivity index (χ0) is 16.8. The second-order valence-electron chi connectivity index (χ2n) is 6.76. The normalized spacial score (nSPS) is 19.4. The number of hydrogen-bond donors (Lipinski definition) is 0. The highest BCUT2D eigenvalue weighted by molar-refractivity contribution is 7.80. The SMILES string of the molecule is S=C1CCCC2=C1C(c1ccccc1)c1c(ccc3ccccc13)O2. The lowest BCUT2D eigenvalue weighted by atomic mass is 9.76. The number of allylic oxidation sites excluding steroid dienone is 2. The predicted molar refractivity (Wildman–Crippen MR) is 106 cm³/mol. The van der Waals surface area contributed by atoms with Crippen molar-refractivity contribution in [1.29, 1.82) is 0 Å². The van der Waals surface area contributed by atoms with Crippen molar-refractivity contribution >= 4 is 27.9 Å². The Balaban J connectivity index is 1.85. The zero-order valence-electron chi connectivity index (χ0n) is 13.9. The molecule has 0 fully saturated rings. The van der Waals surface area contributed by atoms with Crippen LogP contribution >= 0.6 is 12.2 Å². The number of benzene rings is 3. The molecule has 1 heterocycles. The van der Waals surface area contributed by atoms with Gasteiger partial charge >= 0.3 is 0 Å². The fourth-order valence-corrected chi connectivity index (χ4v) is 4.56. The van der Waals surface area contributed by atoms with Crippen LogP contribution in [0, 0.1) is 0 Å². The number of rotatable bonds is 1. The molecule has 0 amide bonds. The maximum Gasteiger partial charge on any atom is 0.131 e. The molecule has 0 radical (unpaired) electrons. The van der Waals surface area contributed by atoms with Gasteiger partial charge in [-0.25, -0.2) is 0 Å². The van der Waals surface area contributed by atoms with Crippen LogP contribution in [0.1, 0.15) is 36.3 Å². The van der Waals surface area contributed by atoms with Gasteiger partial charge in [-0.2, -0.15) is 0 Å². The van der Waals surface area contributed by atoms with Gasteiger partial charge in [-0.3, -0.25) is 0 Å². The van der Waals surface area contributed by atoms with Gasteiger partial charge in [-0.15, -0.1) is 0 Å². The smallest absolute Gasteiger partial charge is 0.131 e. The Bertz CT molecular complexity index is 1020. The van der Waals surface area contributed by atoms with Crippen molar-refractivity contribution in [3.8, 4) is 5.75 Å². The molecule has 1 unspecified atom stereocenters. The summed E-state index contributed by atoms with van der Waals surface area (Å²) < 4.78 is 6.36. The lowest BCUT2D eigenvalue weighted by Crippen LogP contribution is -2.24. The Morgan fingerprint density at radius 2 is 1.64 bits per heavy atom. The van der Waals surface area contributed by atoms with Gasteiger partial charge < -0.3 is 4.74 Å². The minimum Gasteiger partial charge on any atom is -0.461 e. The van der Waals surface area contributed by atoms with Gasteiger partial charge in [0.05, 0.1) is 0 Å².